The normalized spacial score (nSPS) is 11.1. The zero-order valence-corrected chi connectivity index (χ0v) is 9.90. The van der Waals surface area contributed by atoms with E-state index in [1.807, 2.05) is 25.1 Å². The number of hydrogen-bond donors (Lipinski definition) is 2. The molecule has 0 atom stereocenters. The first-order valence-corrected chi connectivity index (χ1v) is 5.81. The van der Waals surface area contributed by atoms with E-state index in [-0.39, 0.29) is 0 Å². The van der Waals surface area contributed by atoms with Crippen molar-refractivity contribution in [3.05, 3.63) is 23.8 Å². The van der Waals surface area contributed by atoms with E-state index in [0.717, 1.165) is 11.1 Å². The third kappa shape index (κ3) is 1.51. The number of anilines is 2. The molecule has 17 heavy (non-hydrogen) atoms. The molecule has 0 amide bonds. The van der Waals surface area contributed by atoms with Gasteiger partial charge in [-0.1, -0.05) is 23.0 Å². The Hall–Kier alpha value is -2.15. The van der Waals surface area contributed by atoms with Crippen molar-refractivity contribution in [2.45, 2.75) is 6.92 Å². The Morgan fingerprint density at radius 1 is 1.24 bits per heavy atom. The van der Waals surface area contributed by atoms with Gasteiger partial charge in [0.25, 0.3) is 0 Å². The molecule has 2 heterocycles. The number of fused-ring (bicyclic) bond motifs is 1. The Balaban J connectivity index is 2.29. The standard InChI is InChI=1S/C10H10N6S/c1-5-2-3-7(11)6(4-5)8-13-14-10-16(8)15-9(12)17-10/h2-4H,11H2,1H3,(H2,12,15). The van der Waals surface area contributed by atoms with Crippen LogP contribution in [0.4, 0.5) is 10.8 Å². The summed E-state index contributed by atoms with van der Waals surface area (Å²) in [6.07, 6.45) is 0. The molecule has 3 rings (SSSR count). The summed E-state index contributed by atoms with van der Waals surface area (Å²) in [4.78, 5) is 0.665. The van der Waals surface area contributed by atoms with E-state index in [1.54, 1.807) is 4.52 Å². The smallest absolute Gasteiger partial charge is 0.236 e. The van der Waals surface area contributed by atoms with Gasteiger partial charge in [-0.15, -0.1) is 15.3 Å². The van der Waals surface area contributed by atoms with Gasteiger partial charge in [-0.3, -0.25) is 0 Å². The summed E-state index contributed by atoms with van der Waals surface area (Å²) in [7, 11) is 0. The highest BCUT2D eigenvalue weighted by atomic mass is 32.1. The van der Waals surface area contributed by atoms with Gasteiger partial charge in [0, 0.05) is 11.3 Å². The maximum Gasteiger partial charge on any atom is 0.236 e. The fourth-order valence-electron chi connectivity index (χ4n) is 1.66. The number of rotatable bonds is 1. The maximum atomic E-state index is 5.94. The van der Waals surface area contributed by atoms with Gasteiger partial charge in [-0.2, -0.15) is 4.52 Å². The zero-order valence-electron chi connectivity index (χ0n) is 9.08. The molecule has 2 aromatic heterocycles. The molecule has 0 radical (unpaired) electrons. The lowest BCUT2D eigenvalue weighted by Crippen LogP contribution is -1.97. The molecule has 0 fully saturated rings. The van der Waals surface area contributed by atoms with Gasteiger partial charge in [0.2, 0.25) is 10.1 Å². The number of nitrogens with two attached hydrogens (primary N) is 2. The lowest BCUT2D eigenvalue weighted by Gasteiger charge is -2.03. The van der Waals surface area contributed by atoms with Gasteiger partial charge in [-0.25, -0.2) is 0 Å². The lowest BCUT2D eigenvalue weighted by molar-refractivity contribution is 0.973. The van der Waals surface area contributed by atoms with E-state index in [0.29, 0.717) is 21.6 Å². The Bertz CT molecular complexity index is 698. The number of nitrogens with zero attached hydrogens (tertiary/aromatic N) is 4. The molecule has 0 saturated heterocycles. The van der Waals surface area contributed by atoms with Crippen LogP contribution in [0.25, 0.3) is 16.3 Å². The van der Waals surface area contributed by atoms with Gasteiger partial charge in [0.1, 0.15) is 0 Å². The molecule has 0 unspecified atom stereocenters. The minimum atomic E-state index is 0.461. The topological polar surface area (TPSA) is 95.1 Å². The van der Waals surface area contributed by atoms with Crippen molar-refractivity contribution >= 4 is 27.1 Å². The van der Waals surface area contributed by atoms with Crippen molar-refractivity contribution < 1.29 is 0 Å². The second kappa shape index (κ2) is 3.42. The van der Waals surface area contributed by atoms with Crippen LogP contribution in [-0.4, -0.2) is 19.8 Å². The van der Waals surface area contributed by atoms with Crippen LogP contribution in [0.2, 0.25) is 0 Å². The summed E-state index contributed by atoms with van der Waals surface area (Å²) in [6.45, 7) is 2.00. The van der Waals surface area contributed by atoms with Crippen molar-refractivity contribution in [3.8, 4) is 11.4 Å². The van der Waals surface area contributed by atoms with Crippen LogP contribution in [0, 0.1) is 6.92 Å². The van der Waals surface area contributed by atoms with Crippen molar-refractivity contribution in [1.82, 2.24) is 19.8 Å². The SMILES string of the molecule is Cc1ccc(N)c(-c2nnc3sc(N)nn23)c1. The van der Waals surface area contributed by atoms with E-state index >= 15 is 0 Å². The molecule has 0 aliphatic rings. The average molecular weight is 246 g/mol. The third-order valence-electron chi connectivity index (χ3n) is 2.46. The van der Waals surface area contributed by atoms with Crippen molar-refractivity contribution in [3.63, 3.8) is 0 Å². The molecule has 0 aliphatic carbocycles. The van der Waals surface area contributed by atoms with Gasteiger partial charge in [0.05, 0.1) is 0 Å². The van der Waals surface area contributed by atoms with Gasteiger partial charge in [0.15, 0.2) is 5.82 Å². The van der Waals surface area contributed by atoms with E-state index in [2.05, 4.69) is 15.3 Å². The molecule has 7 heteroatoms. The molecule has 6 nitrogen and oxygen atoms in total. The Morgan fingerprint density at radius 3 is 2.88 bits per heavy atom. The van der Waals surface area contributed by atoms with Crippen LogP contribution >= 0.6 is 11.3 Å². The highest BCUT2D eigenvalue weighted by Gasteiger charge is 2.14. The molecule has 0 aliphatic heterocycles. The van der Waals surface area contributed by atoms with E-state index in [4.69, 9.17) is 11.5 Å². The van der Waals surface area contributed by atoms with Gasteiger partial charge in [-0.05, 0) is 19.1 Å². The molecule has 86 valence electrons. The fraction of sp³-hybridized carbons (Fsp3) is 0.100. The zero-order chi connectivity index (χ0) is 12.0. The molecule has 1 aromatic carbocycles. The van der Waals surface area contributed by atoms with Gasteiger partial charge >= 0.3 is 0 Å². The Kier molecular flexibility index (Phi) is 2.02. The molecule has 3 aromatic rings. The summed E-state index contributed by atoms with van der Waals surface area (Å²) >= 11 is 1.29. The summed E-state index contributed by atoms with van der Waals surface area (Å²) < 4.78 is 1.62. The van der Waals surface area contributed by atoms with Gasteiger partial charge < -0.3 is 11.5 Å². The van der Waals surface area contributed by atoms with Crippen molar-refractivity contribution in [1.29, 1.82) is 0 Å². The van der Waals surface area contributed by atoms with E-state index < -0.39 is 0 Å². The summed E-state index contributed by atoms with van der Waals surface area (Å²) in [5.41, 5.74) is 14.2. The second-order valence-corrected chi connectivity index (χ2v) is 4.74. The first kappa shape index (κ1) is 10.0. The predicted octanol–water partition coefficient (Wildman–Crippen LogP) is 1.33. The van der Waals surface area contributed by atoms with Crippen molar-refractivity contribution in [2.75, 3.05) is 11.5 Å². The monoisotopic (exact) mass is 246 g/mol. The van der Waals surface area contributed by atoms with E-state index in [1.165, 1.54) is 11.3 Å². The molecule has 0 saturated carbocycles. The molecule has 0 spiro atoms. The van der Waals surface area contributed by atoms with Crippen LogP contribution in [0.3, 0.4) is 0 Å². The van der Waals surface area contributed by atoms with Crippen LogP contribution in [0.15, 0.2) is 18.2 Å². The molecule has 4 N–H and O–H groups in total. The molecule has 0 bridgehead atoms. The summed E-state index contributed by atoms with van der Waals surface area (Å²) in [6, 6.07) is 5.76. The predicted molar refractivity (Wildman–Crippen MR) is 67.7 cm³/mol. The highest BCUT2D eigenvalue weighted by molar-refractivity contribution is 7.20. The molecular weight excluding hydrogens is 236 g/mol. The first-order valence-electron chi connectivity index (χ1n) is 4.99. The average Bonchev–Trinajstić information content (AvgIpc) is 2.80. The molecular formula is C10H10N6S. The van der Waals surface area contributed by atoms with Crippen molar-refractivity contribution in [2.24, 2.45) is 0 Å². The highest BCUT2D eigenvalue weighted by Crippen LogP contribution is 2.27. The van der Waals surface area contributed by atoms with E-state index in [9.17, 15) is 0 Å². The van der Waals surface area contributed by atoms with Crippen LogP contribution in [0.5, 0.6) is 0 Å². The number of nitrogen functional groups attached to an aromatic ring is 2. The second-order valence-electron chi connectivity index (χ2n) is 3.75. The number of benzene rings is 1. The number of aryl methyl sites for hydroxylation is 1. The maximum absolute atomic E-state index is 5.94. The fourth-order valence-corrected chi connectivity index (χ4v) is 2.27. The third-order valence-corrected chi connectivity index (χ3v) is 3.18. The van der Waals surface area contributed by atoms with Crippen LogP contribution in [-0.2, 0) is 0 Å². The van der Waals surface area contributed by atoms with Crippen LogP contribution in [0.1, 0.15) is 5.56 Å². The van der Waals surface area contributed by atoms with Crippen LogP contribution < -0.4 is 11.5 Å². The summed E-state index contributed by atoms with van der Waals surface area (Å²) in [5, 5.41) is 12.7. The number of aromatic nitrogens is 4. The Morgan fingerprint density at radius 2 is 2.06 bits per heavy atom. The quantitative estimate of drug-likeness (QED) is 0.631. The summed E-state index contributed by atoms with van der Waals surface area (Å²) in [5.74, 6) is 0.620. The lowest BCUT2D eigenvalue weighted by atomic mass is 10.1. The first-order chi connectivity index (χ1) is 8.15. The minimum Gasteiger partial charge on any atom is -0.398 e. The largest absolute Gasteiger partial charge is 0.398 e. The Labute approximate surface area is 101 Å². The number of hydrogen-bond acceptors (Lipinski definition) is 6. The minimum absolute atomic E-state index is 0.461.